The monoisotopic (exact) mass is 251 g/mol. The second-order valence-electron chi connectivity index (χ2n) is 4.38. The van der Waals surface area contributed by atoms with Crippen LogP contribution in [0, 0.1) is 11.3 Å². The maximum absolute atomic E-state index is 9.04. The van der Waals surface area contributed by atoms with Crippen LogP contribution >= 0.6 is 0 Å². The summed E-state index contributed by atoms with van der Waals surface area (Å²) in [6, 6.07) is 18.0. The van der Waals surface area contributed by atoms with E-state index in [0.717, 1.165) is 18.8 Å². The molecule has 0 fully saturated rings. The van der Waals surface area contributed by atoms with Crippen LogP contribution in [0.25, 0.3) is 0 Å². The van der Waals surface area contributed by atoms with Gasteiger partial charge < -0.3 is 10.6 Å². The van der Waals surface area contributed by atoms with Gasteiger partial charge in [-0.2, -0.15) is 5.26 Å². The van der Waals surface area contributed by atoms with Gasteiger partial charge in [0.1, 0.15) is 6.07 Å². The van der Waals surface area contributed by atoms with E-state index in [2.05, 4.69) is 30.0 Å². The summed E-state index contributed by atoms with van der Waals surface area (Å²) in [6.45, 7) is 3.81. The lowest BCUT2D eigenvalue weighted by Gasteiger charge is -2.23. The smallest absolute Gasteiger partial charge is 0.101 e. The van der Waals surface area contributed by atoms with Crippen LogP contribution in [-0.4, -0.2) is 6.54 Å². The van der Waals surface area contributed by atoms with Crippen molar-refractivity contribution < 1.29 is 0 Å². The highest BCUT2D eigenvalue weighted by molar-refractivity contribution is 5.62. The standard InChI is InChI=1S/C16H17N3/c1-2-19(12-13-6-4-3-5-7-13)15-8-9-16(18)14(10-15)11-17/h3-10H,2,12,18H2,1H3. The minimum atomic E-state index is 0.530. The first kappa shape index (κ1) is 13.0. The normalized spacial score (nSPS) is 9.89. The highest BCUT2D eigenvalue weighted by atomic mass is 15.1. The van der Waals surface area contributed by atoms with Crippen molar-refractivity contribution in [3.8, 4) is 6.07 Å². The summed E-state index contributed by atoms with van der Waals surface area (Å²) < 4.78 is 0. The predicted octanol–water partition coefficient (Wildman–Crippen LogP) is 3.17. The van der Waals surface area contributed by atoms with Crippen LogP contribution in [0.15, 0.2) is 48.5 Å². The van der Waals surface area contributed by atoms with Gasteiger partial charge in [0.25, 0.3) is 0 Å². The fraction of sp³-hybridized carbons (Fsp3) is 0.188. The Morgan fingerprint density at radius 2 is 1.89 bits per heavy atom. The van der Waals surface area contributed by atoms with E-state index in [1.165, 1.54) is 5.56 Å². The first-order chi connectivity index (χ1) is 9.24. The van der Waals surface area contributed by atoms with Crippen LogP contribution in [0.5, 0.6) is 0 Å². The van der Waals surface area contributed by atoms with Crippen LogP contribution in [0.1, 0.15) is 18.1 Å². The van der Waals surface area contributed by atoms with E-state index in [4.69, 9.17) is 11.0 Å². The molecule has 3 nitrogen and oxygen atoms in total. The lowest BCUT2D eigenvalue weighted by molar-refractivity contribution is 0.832. The summed E-state index contributed by atoms with van der Waals surface area (Å²) in [6.07, 6.45) is 0. The van der Waals surface area contributed by atoms with Crippen LogP contribution in [0.4, 0.5) is 11.4 Å². The Kier molecular flexibility index (Phi) is 4.04. The molecular weight excluding hydrogens is 234 g/mol. The number of anilines is 2. The van der Waals surface area contributed by atoms with Gasteiger partial charge in [-0.1, -0.05) is 30.3 Å². The number of nitrogen functional groups attached to an aromatic ring is 1. The Bertz CT molecular complexity index is 585. The SMILES string of the molecule is CCN(Cc1ccccc1)c1ccc(N)c(C#N)c1. The topological polar surface area (TPSA) is 53.0 Å². The van der Waals surface area contributed by atoms with E-state index in [0.29, 0.717) is 11.3 Å². The number of nitriles is 1. The molecule has 2 rings (SSSR count). The molecule has 0 amide bonds. The molecule has 2 aromatic carbocycles. The van der Waals surface area contributed by atoms with E-state index in [1.807, 2.05) is 30.3 Å². The van der Waals surface area contributed by atoms with Crippen molar-refractivity contribution in [3.05, 3.63) is 59.7 Å². The third-order valence-electron chi connectivity index (χ3n) is 3.12. The molecule has 3 heteroatoms. The van der Waals surface area contributed by atoms with Gasteiger partial charge in [0.05, 0.1) is 5.56 Å². The molecule has 0 radical (unpaired) electrons. The molecule has 2 aromatic rings. The lowest BCUT2D eigenvalue weighted by atomic mass is 10.1. The summed E-state index contributed by atoms with van der Waals surface area (Å²) in [5.41, 5.74) is 9.09. The van der Waals surface area contributed by atoms with Gasteiger partial charge in [0.15, 0.2) is 0 Å². The van der Waals surface area contributed by atoms with Crippen molar-refractivity contribution in [2.24, 2.45) is 0 Å². The first-order valence-corrected chi connectivity index (χ1v) is 6.33. The van der Waals surface area contributed by atoms with Gasteiger partial charge in [-0.3, -0.25) is 0 Å². The van der Waals surface area contributed by atoms with Crippen molar-refractivity contribution in [1.29, 1.82) is 5.26 Å². The molecule has 0 aliphatic carbocycles. The predicted molar refractivity (Wildman–Crippen MR) is 78.7 cm³/mol. The summed E-state index contributed by atoms with van der Waals surface area (Å²) in [4.78, 5) is 2.22. The number of hydrogen-bond acceptors (Lipinski definition) is 3. The van der Waals surface area contributed by atoms with Crippen LogP contribution < -0.4 is 10.6 Å². The summed E-state index contributed by atoms with van der Waals surface area (Å²) in [5.74, 6) is 0. The van der Waals surface area contributed by atoms with Gasteiger partial charge in [-0.25, -0.2) is 0 Å². The lowest BCUT2D eigenvalue weighted by Crippen LogP contribution is -2.22. The Hall–Kier alpha value is -2.47. The molecule has 96 valence electrons. The molecule has 0 saturated carbocycles. The number of rotatable bonds is 4. The Balaban J connectivity index is 2.25. The first-order valence-electron chi connectivity index (χ1n) is 6.33. The molecular formula is C16H17N3. The molecule has 0 heterocycles. The van der Waals surface area contributed by atoms with Crippen LogP contribution in [0.2, 0.25) is 0 Å². The minimum Gasteiger partial charge on any atom is -0.398 e. The second kappa shape index (κ2) is 5.92. The van der Waals surface area contributed by atoms with Crippen molar-refractivity contribution in [3.63, 3.8) is 0 Å². The maximum Gasteiger partial charge on any atom is 0.101 e. The zero-order valence-corrected chi connectivity index (χ0v) is 11.0. The van der Waals surface area contributed by atoms with Gasteiger partial charge in [0.2, 0.25) is 0 Å². The average Bonchev–Trinajstić information content (AvgIpc) is 2.46. The maximum atomic E-state index is 9.04. The van der Waals surface area contributed by atoms with E-state index in [-0.39, 0.29) is 0 Å². The highest BCUT2D eigenvalue weighted by Gasteiger charge is 2.07. The van der Waals surface area contributed by atoms with E-state index >= 15 is 0 Å². The summed E-state index contributed by atoms with van der Waals surface area (Å²) >= 11 is 0. The Morgan fingerprint density at radius 1 is 1.16 bits per heavy atom. The molecule has 2 N–H and O–H groups in total. The summed E-state index contributed by atoms with van der Waals surface area (Å²) in [5, 5.41) is 9.04. The Labute approximate surface area is 113 Å². The molecule has 0 aliphatic heterocycles. The number of nitrogens with zero attached hydrogens (tertiary/aromatic N) is 2. The fourth-order valence-electron chi connectivity index (χ4n) is 2.03. The molecule has 0 unspecified atom stereocenters. The molecule has 0 aliphatic rings. The number of nitrogens with two attached hydrogens (primary N) is 1. The molecule has 0 spiro atoms. The third kappa shape index (κ3) is 3.05. The van der Waals surface area contributed by atoms with Crippen LogP contribution in [0.3, 0.4) is 0 Å². The average molecular weight is 251 g/mol. The Morgan fingerprint density at radius 3 is 2.53 bits per heavy atom. The van der Waals surface area contributed by atoms with Crippen molar-refractivity contribution >= 4 is 11.4 Å². The van der Waals surface area contributed by atoms with Crippen molar-refractivity contribution in [2.45, 2.75) is 13.5 Å². The summed E-state index contributed by atoms with van der Waals surface area (Å²) in [7, 11) is 0. The zero-order valence-electron chi connectivity index (χ0n) is 11.0. The third-order valence-corrected chi connectivity index (χ3v) is 3.12. The van der Waals surface area contributed by atoms with E-state index < -0.39 is 0 Å². The molecule has 0 aromatic heterocycles. The van der Waals surface area contributed by atoms with Gasteiger partial charge in [-0.15, -0.1) is 0 Å². The fourth-order valence-corrected chi connectivity index (χ4v) is 2.03. The van der Waals surface area contributed by atoms with Crippen LogP contribution in [-0.2, 0) is 6.54 Å². The zero-order chi connectivity index (χ0) is 13.7. The van der Waals surface area contributed by atoms with Gasteiger partial charge >= 0.3 is 0 Å². The molecule has 0 saturated heterocycles. The van der Waals surface area contributed by atoms with Gasteiger partial charge in [-0.05, 0) is 30.7 Å². The molecule has 0 bridgehead atoms. The number of hydrogen-bond donors (Lipinski definition) is 1. The van der Waals surface area contributed by atoms with Crippen molar-refractivity contribution in [2.75, 3.05) is 17.2 Å². The van der Waals surface area contributed by atoms with Gasteiger partial charge in [0, 0.05) is 24.5 Å². The molecule has 19 heavy (non-hydrogen) atoms. The van der Waals surface area contributed by atoms with E-state index in [9.17, 15) is 0 Å². The molecule has 0 atom stereocenters. The van der Waals surface area contributed by atoms with Crippen molar-refractivity contribution in [1.82, 2.24) is 0 Å². The quantitative estimate of drug-likeness (QED) is 0.849. The largest absolute Gasteiger partial charge is 0.398 e. The number of benzene rings is 2. The highest BCUT2D eigenvalue weighted by Crippen LogP contribution is 2.22. The second-order valence-corrected chi connectivity index (χ2v) is 4.38. The minimum absolute atomic E-state index is 0.530. The van der Waals surface area contributed by atoms with E-state index in [1.54, 1.807) is 6.07 Å².